The lowest BCUT2D eigenvalue weighted by atomic mass is 9.95. The monoisotopic (exact) mass is 485 g/mol. The topological polar surface area (TPSA) is 92.2 Å². The van der Waals surface area contributed by atoms with E-state index in [1.165, 1.54) is 11.3 Å². The third kappa shape index (κ3) is 5.01. The molecule has 0 radical (unpaired) electrons. The molecule has 182 valence electrons. The molecule has 2 aliphatic rings. The number of hydrogen-bond acceptors (Lipinski definition) is 8. The van der Waals surface area contributed by atoms with Gasteiger partial charge in [-0.1, -0.05) is 19.1 Å². The van der Waals surface area contributed by atoms with Gasteiger partial charge >= 0.3 is 0 Å². The molecular formula is C25H31N3O5S. The largest absolute Gasteiger partial charge is 0.503 e. The van der Waals surface area contributed by atoms with E-state index in [-0.39, 0.29) is 11.4 Å². The molecule has 1 amide bonds. The molecule has 4 rings (SSSR count). The summed E-state index contributed by atoms with van der Waals surface area (Å²) in [6.07, 6.45) is 0.867. The summed E-state index contributed by atoms with van der Waals surface area (Å²) in [5.41, 5.74) is 1.44. The minimum absolute atomic E-state index is 0.103. The number of amides is 1. The molecule has 2 aliphatic heterocycles. The van der Waals surface area contributed by atoms with Crippen molar-refractivity contribution in [2.75, 3.05) is 46.0 Å². The molecule has 9 heteroatoms. The van der Waals surface area contributed by atoms with Gasteiger partial charge in [-0.05, 0) is 38.0 Å². The first-order chi connectivity index (χ1) is 16.4. The number of aliphatic hydroxyl groups is 1. The van der Waals surface area contributed by atoms with Crippen molar-refractivity contribution in [2.45, 2.75) is 33.2 Å². The first kappa shape index (κ1) is 24.4. The Morgan fingerprint density at radius 2 is 2.03 bits per heavy atom. The second-order valence-electron chi connectivity index (χ2n) is 8.51. The number of thiazole rings is 1. The number of carbonyl (C=O) groups is 2. The van der Waals surface area contributed by atoms with Crippen LogP contribution < -0.4 is 4.74 Å². The Balaban J connectivity index is 1.70. The molecular weight excluding hydrogens is 454 g/mol. The van der Waals surface area contributed by atoms with Gasteiger partial charge in [-0.15, -0.1) is 11.3 Å². The molecule has 1 unspecified atom stereocenters. The predicted octanol–water partition coefficient (Wildman–Crippen LogP) is 3.46. The summed E-state index contributed by atoms with van der Waals surface area (Å²) < 4.78 is 11.2. The van der Waals surface area contributed by atoms with Gasteiger partial charge in [0.2, 0.25) is 5.78 Å². The summed E-state index contributed by atoms with van der Waals surface area (Å²) in [5, 5.41) is 11.7. The molecule has 1 aromatic heterocycles. The Kier molecular flexibility index (Phi) is 7.65. The summed E-state index contributed by atoms with van der Waals surface area (Å²) in [6, 6.07) is 6.73. The molecule has 0 saturated carbocycles. The summed E-state index contributed by atoms with van der Waals surface area (Å²) in [6.45, 7) is 10.1. The molecule has 2 aromatic rings. The van der Waals surface area contributed by atoms with Gasteiger partial charge in [0.1, 0.15) is 5.75 Å². The van der Waals surface area contributed by atoms with Crippen molar-refractivity contribution in [3.05, 3.63) is 56.7 Å². The summed E-state index contributed by atoms with van der Waals surface area (Å²) >= 11 is 1.28. The van der Waals surface area contributed by atoms with Crippen molar-refractivity contribution in [1.29, 1.82) is 0 Å². The number of aryl methyl sites for hydroxylation is 2. The molecule has 0 spiro atoms. The van der Waals surface area contributed by atoms with E-state index in [4.69, 9.17) is 9.47 Å². The van der Waals surface area contributed by atoms with Gasteiger partial charge in [0, 0.05) is 26.2 Å². The number of morpholine rings is 1. The Bertz CT molecular complexity index is 1090. The zero-order valence-electron chi connectivity index (χ0n) is 19.9. The van der Waals surface area contributed by atoms with Crippen LogP contribution in [-0.4, -0.2) is 77.6 Å². The van der Waals surface area contributed by atoms with Gasteiger partial charge in [-0.25, -0.2) is 4.98 Å². The van der Waals surface area contributed by atoms with Gasteiger partial charge < -0.3 is 19.5 Å². The van der Waals surface area contributed by atoms with Gasteiger partial charge in [0.15, 0.2) is 5.76 Å². The third-order valence-electron chi connectivity index (χ3n) is 6.07. The Morgan fingerprint density at radius 1 is 1.26 bits per heavy atom. The SMILES string of the molecule is CCCOc1cccc(C2C(C(=O)c3sc(C)nc3C)=C(O)C(=O)N2CCN2CCOCC2)c1. The number of Topliss-reactive ketones (excluding diaryl/α,β-unsaturated/α-hetero) is 1. The van der Waals surface area contributed by atoms with E-state index in [1.807, 2.05) is 38.1 Å². The normalized spacial score (nSPS) is 19.2. The van der Waals surface area contributed by atoms with Crippen LogP contribution in [0, 0.1) is 13.8 Å². The van der Waals surface area contributed by atoms with Crippen LogP contribution in [0.3, 0.4) is 0 Å². The highest BCUT2D eigenvalue weighted by molar-refractivity contribution is 7.14. The van der Waals surface area contributed by atoms with Crippen molar-refractivity contribution < 1.29 is 24.2 Å². The highest BCUT2D eigenvalue weighted by Gasteiger charge is 2.44. The number of ether oxygens (including phenoxy) is 2. The number of benzene rings is 1. The van der Waals surface area contributed by atoms with Gasteiger partial charge in [0.05, 0.1) is 47.0 Å². The fraction of sp³-hybridized carbons (Fsp3) is 0.480. The fourth-order valence-corrected chi connectivity index (χ4v) is 5.27. The molecule has 0 aliphatic carbocycles. The van der Waals surface area contributed by atoms with E-state index in [1.54, 1.807) is 11.8 Å². The number of rotatable bonds is 9. The molecule has 1 aromatic carbocycles. The predicted molar refractivity (Wildman–Crippen MR) is 130 cm³/mol. The molecule has 3 heterocycles. The van der Waals surface area contributed by atoms with Crippen molar-refractivity contribution in [3.8, 4) is 5.75 Å². The van der Waals surface area contributed by atoms with E-state index in [9.17, 15) is 14.7 Å². The first-order valence-electron chi connectivity index (χ1n) is 11.7. The van der Waals surface area contributed by atoms with Crippen LogP contribution in [0.1, 0.15) is 45.3 Å². The number of nitrogens with zero attached hydrogens (tertiary/aromatic N) is 3. The summed E-state index contributed by atoms with van der Waals surface area (Å²) in [7, 11) is 0. The van der Waals surface area contributed by atoms with Crippen LogP contribution in [0.4, 0.5) is 0 Å². The summed E-state index contributed by atoms with van der Waals surface area (Å²) in [5.74, 6) is -0.696. The molecule has 1 atom stereocenters. The van der Waals surface area contributed by atoms with E-state index >= 15 is 0 Å². The van der Waals surface area contributed by atoms with E-state index in [0.29, 0.717) is 49.2 Å². The maximum absolute atomic E-state index is 13.6. The number of aromatic nitrogens is 1. The zero-order chi connectivity index (χ0) is 24.2. The standard InChI is InChI=1S/C25H31N3O5S/c1-4-12-33-19-7-5-6-18(15-19)21-20(22(29)24-16(2)26-17(3)34-24)23(30)25(31)28(21)9-8-27-10-13-32-14-11-27/h5-7,15,21,30H,4,8-14H2,1-3H3. The van der Waals surface area contributed by atoms with Gasteiger partial charge in [-0.3, -0.25) is 14.5 Å². The van der Waals surface area contributed by atoms with Gasteiger partial charge in [0.25, 0.3) is 5.91 Å². The average molecular weight is 486 g/mol. The number of hydrogen-bond donors (Lipinski definition) is 1. The quantitative estimate of drug-likeness (QED) is 0.544. The molecule has 1 saturated heterocycles. The van der Waals surface area contributed by atoms with Crippen molar-refractivity contribution >= 4 is 23.0 Å². The number of aliphatic hydroxyl groups excluding tert-OH is 1. The lowest BCUT2D eigenvalue weighted by molar-refractivity contribution is -0.129. The van der Waals surface area contributed by atoms with Gasteiger partial charge in [-0.2, -0.15) is 0 Å². The smallest absolute Gasteiger partial charge is 0.290 e. The minimum Gasteiger partial charge on any atom is -0.503 e. The van der Waals surface area contributed by atoms with Crippen molar-refractivity contribution in [1.82, 2.24) is 14.8 Å². The second kappa shape index (κ2) is 10.7. The maximum atomic E-state index is 13.6. The molecule has 1 fully saturated rings. The van der Waals surface area contributed by atoms with Crippen LogP contribution in [0.2, 0.25) is 0 Å². The highest BCUT2D eigenvalue weighted by Crippen LogP contribution is 2.40. The van der Waals surface area contributed by atoms with Crippen LogP contribution in [0.25, 0.3) is 0 Å². The van der Waals surface area contributed by atoms with Crippen LogP contribution in [0.5, 0.6) is 5.75 Å². The van der Waals surface area contributed by atoms with Crippen molar-refractivity contribution in [3.63, 3.8) is 0 Å². The lowest BCUT2D eigenvalue weighted by Crippen LogP contribution is -2.43. The molecule has 8 nitrogen and oxygen atoms in total. The highest BCUT2D eigenvalue weighted by atomic mass is 32.1. The van der Waals surface area contributed by atoms with E-state index in [0.717, 1.165) is 30.1 Å². The lowest BCUT2D eigenvalue weighted by Gasteiger charge is -2.31. The fourth-order valence-electron chi connectivity index (χ4n) is 4.40. The second-order valence-corrected chi connectivity index (χ2v) is 9.72. The average Bonchev–Trinajstić information content (AvgIpc) is 3.31. The molecule has 0 bridgehead atoms. The van der Waals surface area contributed by atoms with E-state index < -0.39 is 17.7 Å². The van der Waals surface area contributed by atoms with Crippen molar-refractivity contribution in [2.24, 2.45) is 0 Å². The Hall–Kier alpha value is -2.75. The first-order valence-corrected chi connectivity index (χ1v) is 12.5. The number of ketones is 1. The summed E-state index contributed by atoms with van der Waals surface area (Å²) in [4.78, 5) is 35.5. The minimum atomic E-state index is -0.701. The zero-order valence-corrected chi connectivity index (χ0v) is 20.7. The number of carbonyl (C=O) groups excluding carboxylic acids is 2. The molecule has 1 N–H and O–H groups in total. The Labute approximate surface area is 203 Å². The van der Waals surface area contributed by atoms with E-state index in [2.05, 4.69) is 9.88 Å². The Morgan fingerprint density at radius 3 is 2.71 bits per heavy atom. The van der Waals surface area contributed by atoms with Crippen LogP contribution >= 0.6 is 11.3 Å². The van der Waals surface area contributed by atoms with Crippen LogP contribution in [0.15, 0.2) is 35.6 Å². The maximum Gasteiger partial charge on any atom is 0.290 e. The molecule has 34 heavy (non-hydrogen) atoms. The third-order valence-corrected chi connectivity index (χ3v) is 7.14. The van der Waals surface area contributed by atoms with Crippen LogP contribution in [-0.2, 0) is 9.53 Å².